The van der Waals surface area contributed by atoms with Crippen LogP contribution in [0, 0.1) is 0 Å². The second-order valence-corrected chi connectivity index (χ2v) is 8.85. The summed E-state index contributed by atoms with van der Waals surface area (Å²) in [7, 11) is 4.75. The monoisotopic (exact) mass is 490 g/mol. The number of ether oxygens (including phenoxy) is 3. The predicted molar refractivity (Wildman–Crippen MR) is 136 cm³/mol. The Morgan fingerprint density at radius 1 is 0.943 bits per heavy atom. The predicted octanol–water partition coefficient (Wildman–Crippen LogP) is 4.60. The third-order valence-electron chi connectivity index (χ3n) is 5.48. The van der Waals surface area contributed by atoms with Crippen LogP contribution >= 0.6 is 11.8 Å². The van der Waals surface area contributed by atoms with Crippen LogP contribution in [0.25, 0.3) is 6.08 Å². The van der Waals surface area contributed by atoms with Gasteiger partial charge >= 0.3 is 0 Å². The zero-order valence-corrected chi connectivity index (χ0v) is 20.5. The largest absolute Gasteiger partial charge is 0.497 e. The maximum Gasteiger partial charge on any atom is 0.280 e. The van der Waals surface area contributed by atoms with Crippen LogP contribution < -0.4 is 19.6 Å². The van der Waals surface area contributed by atoms with Gasteiger partial charge in [-0.25, -0.2) is 5.01 Å². The number of methoxy groups -OCH3 is 3. The summed E-state index contributed by atoms with van der Waals surface area (Å²) in [5, 5.41) is 0.947. The number of hydrogen-bond donors (Lipinski definition) is 1. The minimum absolute atomic E-state index is 0.163. The minimum Gasteiger partial charge on any atom is -0.497 e. The summed E-state index contributed by atoms with van der Waals surface area (Å²) in [6.45, 7) is 0. The fourth-order valence-electron chi connectivity index (χ4n) is 3.67. The summed E-state index contributed by atoms with van der Waals surface area (Å²) in [4.78, 5) is 26.8. The first-order valence-electron chi connectivity index (χ1n) is 10.9. The van der Waals surface area contributed by atoms with Crippen molar-refractivity contribution < 1.29 is 23.8 Å². The lowest BCUT2D eigenvalue weighted by molar-refractivity contribution is -0.137. The van der Waals surface area contributed by atoms with Crippen LogP contribution in [0.2, 0.25) is 0 Å². The number of hydrogen-bond acceptors (Lipinski definition) is 6. The van der Waals surface area contributed by atoms with Gasteiger partial charge in [0.25, 0.3) is 5.91 Å². The zero-order valence-electron chi connectivity index (χ0n) is 19.7. The van der Waals surface area contributed by atoms with Gasteiger partial charge in [-0.05, 0) is 41.5 Å². The molecule has 1 fully saturated rings. The highest BCUT2D eigenvalue weighted by Crippen LogP contribution is 2.46. The third-order valence-corrected chi connectivity index (χ3v) is 6.74. The number of carbonyl (C=O) groups is 2. The summed E-state index contributed by atoms with van der Waals surface area (Å²) in [5.74, 6) is 1.38. The Labute approximate surface area is 208 Å². The van der Waals surface area contributed by atoms with Crippen LogP contribution in [0.3, 0.4) is 0 Å². The number of thioether (sulfide) groups is 1. The Bertz CT molecular complexity index is 1230. The van der Waals surface area contributed by atoms with E-state index in [1.807, 2.05) is 60.7 Å². The summed E-state index contributed by atoms with van der Waals surface area (Å²) in [5.41, 5.74) is 5.27. The normalized spacial score (nSPS) is 16.3. The molecule has 180 valence electrons. The summed E-state index contributed by atoms with van der Waals surface area (Å²) in [6.07, 6.45) is 1.93. The second-order valence-electron chi connectivity index (χ2n) is 7.73. The summed E-state index contributed by atoms with van der Waals surface area (Å²) >= 11 is 1.36. The van der Waals surface area contributed by atoms with Gasteiger partial charge in [-0.3, -0.25) is 15.0 Å². The van der Waals surface area contributed by atoms with Gasteiger partial charge in [0, 0.05) is 11.6 Å². The molecule has 0 spiro atoms. The molecule has 0 bridgehead atoms. The molecule has 3 aromatic carbocycles. The fraction of sp³-hybridized carbons (Fsp3) is 0.185. The van der Waals surface area contributed by atoms with Crippen molar-refractivity contribution in [1.29, 1.82) is 0 Å². The number of carbonyl (C=O) groups excluding carboxylic acids is 2. The lowest BCUT2D eigenvalue weighted by Crippen LogP contribution is -2.44. The van der Waals surface area contributed by atoms with Crippen molar-refractivity contribution in [3.05, 3.63) is 94.4 Å². The van der Waals surface area contributed by atoms with E-state index in [-0.39, 0.29) is 18.2 Å². The van der Waals surface area contributed by atoms with Crippen molar-refractivity contribution in [2.45, 2.75) is 11.8 Å². The highest BCUT2D eigenvalue weighted by Gasteiger charge is 2.38. The van der Waals surface area contributed by atoms with Crippen molar-refractivity contribution in [3.8, 4) is 17.2 Å². The van der Waals surface area contributed by atoms with E-state index in [1.165, 1.54) is 16.8 Å². The Kier molecular flexibility index (Phi) is 7.62. The molecule has 1 atom stereocenters. The van der Waals surface area contributed by atoms with E-state index in [0.29, 0.717) is 22.2 Å². The maximum absolute atomic E-state index is 13.5. The second kappa shape index (κ2) is 11.0. The smallest absolute Gasteiger partial charge is 0.280 e. The molecule has 0 aliphatic carbocycles. The molecule has 8 heteroatoms. The van der Waals surface area contributed by atoms with E-state index >= 15 is 0 Å². The van der Waals surface area contributed by atoms with Crippen LogP contribution in [-0.2, 0) is 16.0 Å². The molecule has 7 nitrogen and oxygen atoms in total. The molecular formula is C27H26N2O5S. The first-order chi connectivity index (χ1) is 17.0. The molecule has 1 aliphatic rings. The lowest BCUT2D eigenvalue weighted by atomic mass is 10.1. The molecule has 0 aromatic heterocycles. The first kappa shape index (κ1) is 24.2. The molecule has 1 saturated heterocycles. The molecule has 0 saturated carbocycles. The number of benzene rings is 3. The molecule has 3 aromatic rings. The van der Waals surface area contributed by atoms with Crippen molar-refractivity contribution in [2.75, 3.05) is 21.3 Å². The zero-order chi connectivity index (χ0) is 24.8. The average molecular weight is 491 g/mol. The van der Waals surface area contributed by atoms with Crippen molar-refractivity contribution in [2.24, 2.45) is 0 Å². The van der Waals surface area contributed by atoms with Crippen LogP contribution in [-0.4, -0.2) is 38.2 Å². The summed E-state index contributed by atoms with van der Waals surface area (Å²) < 4.78 is 16.0. The minimum atomic E-state index is -0.441. The standard InChI is InChI=1S/C27H26N2O5S/c1-32-21-12-9-19(10-13-21)27-29(28-25(30)15-18-7-5-4-6-8-18)26(31)24(35-27)16-20-11-14-22(33-2)17-23(20)34-3/h4-14,16-17,27H,15H2,1-3H3,(H,28,30)/b24-16+/t27-/m1/s1. The molecule has 2 amide bonds. The number of nitrogens with zero attached hydrogens (tertiary/aromatic N) is 1. The number of nitrogens with one attached hydrogen (secondary N) is 1. The molecule has 1 aliphatic heterocycles. The van der Waals surface area contributed by atoms with E-state index in [9.17, 15) is 9.59 Å². The highest BCUT2D eigenvalue weighted by molar-refractivity contribution is 8.04. The first-order valence-corrected chi connectivity index (χ1v) is 11.8. The van der Waals surface area contributed by atoms with Gasteiger partial charge in [0.05, 0.1) is 32.7 Å². The Morgan fingerprint density at radius 2 is 1.63 bits per heavy atom. The van der Waals surface area contributed by atoms with Crippen LogP contribution in [0.15, 0.2) is 77.7 Å². The molecule has 35 heavy (non-hydrogen) atoms. The molecule has 0 unspecified atom stereocenters. The van der Waals surface area contributed by atoms with Gasteiger partial charge in [0.1, 0.15) is 22.6 Å². The van der Waals surface area contributed by atoms with E-state index in [4.69, 9.17) is 14.2 Å². The quantitative estimate of drug-likeness (QED) is 0.465. The van der Waals surface area contributed by atoms with Crippen LogP contribution in [0.4, 0.5) is 0 Å². The Balaban J connectivity index is 1.64. The molecule has 4 rings (SSSR count). The van der Waals surface area contributed by atoms with Gasteiger partial charge in [-0.2, -0.15) is 0 Å². The van der Waals surface area contributed by atoms with Gasteiger partial charge in [0.2, 0.25) is 5.91 Å². The fourth-order valence-corrected chi connectivity index (χ4v) is 4.86. The number of amides is 2. The summed E-state index contributed by atoms with van der Waals surface area (Å²) in [6, 6.07) is 22.2. The SMILES string of the molecule is COc1ccc([C@H]2S/C(=C/c3ccc(OC)cc3OC)C(=O)N2NC(=O)Cc2ccccc2)cc1. The molecule has 1 N–H and O–H groups in total. The Hall–Kier alpha value is -3.91. The third kappa shape index (κ3) is 5.60. The van der Waals surface area contributed by atoms with Crippen molar-refractivity contribution >= 4 is 29.7 Å². The van der Waals surface area contributed by atoms with Gasteiger partial charge < -0.3 is 14.2 Å². The number of rotatable bonds is 8. The highest BCUT2D eigenvalue weighted by atomic mass is 32.2. The van der Waals surface area contributed by atoms with Crippen molar-refractivity contribution in [1.82, 2.24) is 10.4 Å². The molecular weight excluding hydrogens is 464 g/mol. The Morgan fingerprint density at radius 3 is 2.29 bits per heavy atom. The topological polar surface area (TPSA) is 77.1 Å². The van der Waals surface area contributed by atoms with Gasteiger partial charge in [-0.15, -0.1) is 0 Å². The van der Waals surface area contributed by atoms with Crippen molar-refractivity contribution in [3.63, 3.8) is 0 Å². The van der Waals surface area contributed by atoms with Crippen LogP contribution in [0.1, 0.15) is 22.1 Å². The maximum atomic E-state index is 13.5. The average Bonchev–Trinajstić information content (AvgIpc) is 3.19. The van der Waals surface area contributed by atoms with E-state index in [1.54, 1.807) is 39.5 Å². The molecule has 0 radical (unpaired) electrons. The van der Waals surface area contributed by atoms with Gasteiger partial charge in [-0.1, -0.05) is 54.2 Å². The number of hydrazine groups is 1. The van der Waals surface area contributed by atoms with Crippen LogP contribution in [0.5, 0.6) is 17.2 Å². The van der Waals surface area contributed by atoms with E-state index < -0.39 is 5.37 Å². The van der Waals surface area contributed by atoms with E-state index in [2.05, 4.69) is 5.43 Å². The lowest BCUT2D eigenvalue weighted by Gasteiger charge is -2.24. The molecule has 1 heterocycles. The van der Waals surface area contributed by atoms with Gasteiger partial charge in [0.15, 0.2) is 0 Å². The van der Waals surface area contributed by atoms with E-state index in [0.717, 1.165) is 16.7 Å².